The number of ether oxygens (including phenoxy) is 1. The molecule has 0 unspecified atom stereocenters. The molecule has 2 N–H and O–H groups in total. The van der Waals surface area contributed by atoms with E-state index in [9.17, 15) is 9.90 Å². The zero-order chi connectivity index (χ0) is 17.8. The van der Waals surface area contributed by atoms with Crippen LogP contribution in [0.3, 0.4) is 0 Å². The second-order valence-corrected chi connectivity index (χ2v) is 5.90. The highest BCUT2D eigenvalue weighted by Crippen LogP contribution is 2.21. The van der Waals surface area contributed by atoms with E-state index in [1.807, 2.05) is 55.1 Å². The third kappa shape index (κ3) is 3.67. The van der Waals surface area contributed by atoms with Crippen LogP contribution in [0.25, 0.3) is 10.9 Å². The summed E-state index contributed by atoms with van der Waals surface area (Å²) in [7, 11) is 1.98. The molecule has 3 aromatic rings. The number of nitrogens with zero attached hydrogens (tertiary/aromatic N) is 1. The van der Waals surface area contributed by atoms with Gasteiger partial charge in [0.05, 0.1) is 18.3 Å². The minimum atomic E-state index is -0.771. The molecule has 1 amide bonds. The Kier molecular flexibility index (Phi) is 5.05. The average molecular weight is 338 g/mol. The highest BCUT2D eigenvalue weighted by atomic mass is 16.5. The predicted octanol–water partition coefficient (Wildman–Crippen LogP) is 3.04. The molecule has 0 radical (unpaired) electrons. The molecule has 1 atom stereocenters. The largest absolute Gasteiger partial charge is 0.493 e. The van der Waals surface area contributed by atoms with Crippen LogP contribution in [0.1, 0.15) is 28.9 Å². The quantitative estimate of drug-likeness (QED) is 0.726. The van der Waals surface area contributed by atoms with Crippen LogP contribution in [0.4, 0.5) is 0 Å². The molecule has 130 valence electrons. The summed E-state index contributed by atoms with van der Waals surface area (Å²) in [4.78, 5) is 12.4. The van der Waals surface area contributed by atoms with Crippen molar-refractivity contribution in [3.05, 3.63) is 65.9 Å². The fraction of sp³-hybridized carbons (Fsp3) is 0.250. The van der Waals surface area contributed by atoms with E-state index in [1.54, 1.807) is 18.2 Å². The van der Waals surface area contributed by atoms with Gasteiger partial charge in [0.25, 0.3) is 5.91 Å². The lowest BCUT2D eigenvalue weighted by molar-refractivity contribution is 0.0912. The molecule has 2 aromatic carbocycles. The van der Waals surface area contributed by atoms with Gasteiger partial charge < -0.3 is 19.7 Å². The number of nitrogens with one attached hydrogen (secondary N) is 1. The number of aromatic nitrogens is 1. The van der Waals surface area contributed by atoms with Gasteiger partial charge in [-0.2, -0.15) is 0 Å². The summed E-state index contributed by atoms with van der Waals surface area (Å²) in [5, 5.41) is 14.2. The van der Waals surface area contributed by atoms with Crippen LogP contribution < -0.4 is 10.1 Å². The fourth-order valence-corrected chi connectivity index (χ4v) is 2.85. The number of fused-ring (bicyclic) bond motifs is 1. The van der Waals surface area contributed by atoms with Crippen molar-refractivity contribution < 1.29 is 14.6 Å². The number of hydrogen-bond donors (Lipinski definition) is 2. The molecule has 1 heterocycles. The maximum Gasteiger partial charge on any atom is 0.255 e. The first-order valence-electron chi connectivity index (χ1n) is 8.33. The van der Waals surface area contributed by atoms with Gasteiger partial charge in [0, 0.05) is 25.3 Å². The molecular weight excluding hydrogens is 316 g/mol. The van der Waals surface area contributed by atoms with Gasteiger partial charge in [0.1, 0.15) is 5.75 Å². The van der Waals surface area contributed by atoms with E-state index in [0.29, 0.717) is 17.9 Å². The van der Waals surface area contributed by atoms with Crippen LogP contribution in [0.5, 0.6) is 5.75 Å². The molecule has 5 nitrogen and oxygen atoms in total. The van der Waals surface area contributed by atoms with E-state index in [-0.39, 0.29) is 12.5 Å². The molecule has 0 spiro atoms. The first kappa shape index (κ1) is 17.0. The number of carbonyl (C=O) groups is 1. The lowest BCUT2D eigenvalue weighted by atomic mass is 10.1. The molecule has 0 aliphatic heterocycles. The number of carbonyl (C=O) groups excluding carboxylic acids is 1. The standard InChI is InChI=1S/C20H22N2O3/c1-3-25-19-7-5-4-6-16(19)20(24)21-13-18(23)15-8-9-17-14(12-15)10-11-22(17)2/h4-12,18,23H,3,13H2,1-2H3,(H,21,24)/t18-/m0/s1. The van der Waals surface area contributed by atoms with E-state index >= 15 is 0 Å². The van der Waals surface area contributed by atoms with Gasteiger partial charge in [-0.3, -0.25) is 4.79 Å². The Balaban J connectivity index is 1.68. The number of rotatable bonds is 6. The third-order valence-corrected chi connectivity index (χ3v) is 4.18. The molecule has 0 saturated heterocycles. The average Bonchev–Trinajstić information content (AvgIpc) is 3.00. The normalized spacial score (nSPS) is 12.1. The number of aliphatic hydroxyl groups excluding tert-OH is 1. The van der Waals surface area contributed by atoms with E-state index in [0.717, 1.165) is 16.5 Å². The molecule has 1 aromatic heterocycles. The van der Waals surface area contributed by atoms with Crippen LogP contribution in [0, 0.1) is 0 Å². The Morgan fingerprint density at radius 2 is 2.04 bits per heavy atom. The predicted molar refractivity (Wildman–Crippen MR) is 97.8 cm³/mol. The number of para-hydroxylation sites is 1. The third-order valence-electron chi connectivity index (χ3n) is 4.18. The lowest BCUT2D eigenvalue weighted by Crippen LogP contribution is -2.28. The van der Waals surface area contributed by atoms with Crippen LogP contribution in [0.15, 0.2) is 54.7 Å². The molecule has 0 saturated carbocycles. The van der Waals surface area contributed by atoms with Crippen LogP contribution in [0.2, 0.25) is 0 Å². The monoisotopic (exact) mass is 338 g/mol. The summed E-state index contributed by atoms with van der Waals surface area (Å²) in [5.41, 5.74) is 2.35. The summed E-state index contributed by atoms with van der Waals surface area (Å²) in [6, 6.07) is 14.9. The van der Waals surface area contributed by atoms with E-state index < -0.39 is 6.10 Å². The lowest BCUT2D eigenvalue weighted by Gasteiger charge is -2.14. The first-order chi connectivity index (χ1) is 12.1. The van der Waals surface area contributed by atoms with Crippen molar-refractivity contribution in [2.45, 2.75) is 13.0 Å². The van der Waals surface area contributed by atoms with Gasteiger partial charge >= 0.3 is 0 Å². The van der Waals surface area contributed by atoms with Crippen molar-refractivity contribution in [3.8, 4) is 5.75 Å². The van der Waals surface area contributed by atoms with Crippen LogP contribution in [-0.2, 0) is 7.05 Å². The minimum Gasteiger partial charge on any atom is -0.493 e. The summed E-state index contributed by atoms with van der Waals surface area (Å²) in [6.45, 7) is 2.50. The van der Waals surface area contributed by atoms with Crippen molar-refractivity contribution in [1.82, 2.24) is 9.88 Å². The molecular formula is C20H22N2O3. The summed E-state index contributed by atoms with van der Waals surface area (Å²) in [5.74, 6) is 0.284. The number of benzene rings is 2. The Labute approximate surface area is 146 Å². The van der Waals surface area contributed by atoms with Gasteiger partial charge in [-0.1, -0.05) is 18.2 Å². The van der Waals surface area contributed by atoms with Crippen molar-refractivity contribution >= 4 is 16.8 Å². The Hall–Kier alpha value is -2.79. The molecule has 0 aliphatic rings. The maximum absolute atomic E-state index is 12.4. The number of hydrogen-bond acceptors (Lipinski definition) is 3. The van der Waals surface area contributed by atoms with Crippen molar-refractivity contribution in [1.29, 1.82) is 0 Å². The zero-order valence-corrected chi connectivity index (χ0v) is 14.4. The number of aliphatic hydroxyl groups is 1. The van der Waals surface area contributed by atoms with Crippen molar-refractivity contribution in [2.75, 3.05) is 13.2 Å². The second kappa shape index (κ2) is 7.40. The zero-order valence-electron chi connectivity index (χ0n) is 14.4. The maximum atomic E-state index is 12.4. The minimum absolute atomic E-state index is 0.137. The topological polar surface area (TPSA) is 63.5 Å². The molecule has 3 rings (SSSR count). The Bertz CT molecular complexity index is 886. The molecule has 0 bridgehead atoms. The molecule has 0 aliphatic carbocycles. The van der Waals surface area contributed by atoms with Crippen molar-refractivity contribution in [2.24, 2.45) is 7.05 Å². The SMILES string of the molecule is CCOc1ccccc1C(=O)NC[C@H](O)c1ccc2c(ccn2C)c1. The van der Waals surface area contributed by atoms with Gasteiger partial charge in [-0.15, -0.1) is 0 Å². The van der Waals surface area contributed by atoms with Gasteiger partial charge in [-0.05, 0) is 48.2 Å². The van der Waals surface area contributed by atoms with Gasteiger partial charge in [0.2, 0.25) is 0 Å². The van der Waals surface area contributed by atoms with E-state index in [1.165, 1.54) is 0 Å². The fourth-order valence-electron chi connectivity index (χ4n) is 2.85. The molecule has 0 fully saturated rings. The molecule has 25 heavy (non-hydrogen) atoms. The highest BCUT2D eigenvalue weighted by molar-refractivity contribution is 5.96. The van der Waals surface area contributed by atoms with E-state index in [4.69, 9.17) is 4.74 Å². The van der Waals surface area contributed by atoms with E-state index in [2.05, 4.69) is 5.32 Å². The van der Waals surface area contributed by atoms with Gasteiger partial charge in [-0.25, -0.2) is 0 Å². The molecule has 5 heteroatoms. The Morgan fingerprint density at radius 1 is 1.24 bits per heavy atom. The summed E-state index contributed by atoms with van der Waals surface area (Å²) < 4.78 is 7.50. The highest BCUT2D eigenvalue weighted by Gasteiger charge is 2.15. The van der Waals surface area contributed by atoms with Crippen molar-refractivity contribution in [3.63, 3.8) is 0 Å². The van der Waals surface area contributed by atoms with Crippen LogP contribution >= 0.6 is 0 Å². The Morgan fingerprint density at radius 3 is 2.84 bits per heavy atom. The van der Waals surface area contributed by atoms with Crippen LogP contribution in [-0.4, -0.2) is 28.7 Å². The number of aryl methyl sites for hydroxylation is 1. The summed E-state index contributed by atoms with van der Waals surface area (Å²) >= 11 is 0. The first-order valence-corrected chi connectivity index (χ1v) is 8.33. The number of amides is 1. The smallest absolute Gasteiger partial charge is 0.255 e. The summed E-state index contributed by atoms with van der Waals surface area (Å²) in [6.07, 6.45) is 1.21. The second-order valence-electron chi connectivity index (χ2n) is 5.90. The van der Waals surface area contributed by atoms with Gasteiger partial charge in [0.15, 0.2) is 0 Å².